The first-order valence-electron chi connectivity index (χ1n) is 6.30. The fourth-order valence-electron chi connectivity index (χ4n) is 1.85. The highest BCUT2D eigenvalue weighted by Crippen LogP contribution is 2.20. The molecule has 0 atom stereocenters. The van der Waals surface area contributed by atoms with Gasteiger partial charge in [0.15, 0.2) is 5.78 Å². The van der Waals surface area contributed by atoms with Crippen LogP contribution in [-0.2, 0) is 0 Å². The summed E-state index contributed by atoms with van der Waals surface area (Å²) in [6.45, 7) is 4.09. The molecule has 2 rings (SSSR count). The van der Waals surface area contributed by atoms with Crippen LogP contribution >= 0.6 is 23.1 Å². The maximum Gasteiger partial charge on any atom is 0.172 e. The highest BCUT2D eigenvalue weighted by Gasteiger charge is 2.06. The molecule has 0 N–H and O–H groups in total. The Morgan fingerprint density at radius 1 is 1.37 bits per heavy atom. The molecule has 0 aliphatic heterocycles. The summed E-state index contributed by atoms with van der Waals surface area (Å²) in [6, 6.07) is 7.99. The summed E-state index contributed by atoms with van der Waals surface area (Å²) in [5.74, 6) is 1.19. The molecule has 19 heavy (non-hydrogen) atoms. The van der Waals surface area contributed by atoms with E-state index in [1.807, 2.05) is 24.4 Å². The van der Waals surface area contributed by atoms with Gasteiger partial charge in [-0.1, -0.05) is 6.07 Å². The Morgan fingerprint density at radius 2 is 2.21 bits per heavy atom. The van der Waals surface area contributed by atoms with E-state index < -0.39 is 0 Å². The van der Waals surface area contributed by atoms with Gasteiger partial charge >= 0.3 is 0 Å². The lowest BCUT2D eigenvalue weighted by Crippen LogP contribution is -1.97. The number of rotatable bonds is 6. The Bertz CT molecular complexity index is 529. The van der Waals surface area contributed by atoms with Crippen LogP contribution in [0.15, 0.2) is 34.7 Å². The Hall–Kier alpha value is -1.13. The number of aryl methyl sites for hydroxylation is 2. The third-order valence-corrected chi connectivity index (χ3v) is 4.58. The fraction of sp³-hybridized carbons (Fsp3) is 0.333. The Kier molecular flexibility index (Phi) is 5.16. The number of nitrogens with zero attached hydrogens (tertiary/aromatic N) is 1. The van der Waals surface area contributed by atoms with E-state index in [9.17, 15) is 4.79 Å². The van der Waals surface area contributed by atoms with Crippen LogP contribution in [-0.4, -0.2) is 16.5 Å². The lowest BCUT2D eigenvalue weighted by molar-refractivity contribution is 0.0986. The molecule has 0 radical (unpaired) electrons. The lowest BCUT2D eigenvalue weighted by Gasteiger charge is -2.03. The van der Waals surface area contributed by atoms with Crippen molar-refractivity contribution in [2.75, 3.05) is 5.75 Å². The number of Topliss-reactive ketones (excluding diaryl/α,β-unsaturated/α-hetero) is 1. The van der Waals surface area contributed by atoms with Crippen LogP contribution in [0.5, 0.6) is 0 Å². The van der Waals surface area contributed by atoms with Crippen molar-refractivity contribution in [3.05, 3.63) is 45.8 Å². The molecule has 0 aliphatic carbocycles. The fourth-order valence-corrected chi connectivity index (χ4v) is 3.52. The minimum absolute atomic E-state index is 0.254. The number of pyridine rings is 1. The standard InChI is InChI=1S/C15H17NOS2/c1-11-9-12(2)16-15(10-11)19-8-3-5-13(17)14-6-4-7-18-14/h4,6-7,9-10H,3,5,8H2,1-2H3. The van der Waals surface area contributed by atoms with Crippen LogP contribution in [0.2, 0.25) is 0 Å². The maximum atomic E-state index is 11.8. The van der Waals surface area contributed by atoms with Gasteiger partial charge in [0.1, 0.15) is 0 Å². The van der Waals surface area contributed by atoms with Crippen LogP contribution in [0.4, 0.5) is 0 Å². The molecular formula is C15H17NOS2. The Balaban J connectivity index is 1.76. The molecule has 0 spiro atoms. The van der Waals surface area contributed by atoms with E-state index in [1.165, 1.54) is 16.9 Å². The number of hydrogen-bond acceptors (Lipinski definition) is 4. The summed E-state index contributed by atoms with van der Waals surface area (Å²) in [5, 5.41) is 3.00. The van der Waals surface area contributed by atoms with Crippen LogP contribution in [0.3, 0.4) is 0 Å². The second kappa shape index (κ2) is 6.87. The summed E-state index contributed by atoms with van der Waals surface area (Å²) >= 11 is 3.25. The smallest absolute Gasteiger partial charge is 0.172 e. The van der Waals surface area contributed by atoms with Crippen molar-refractivity contribution in [3.8, 4) is 0 Å². The summed E-state index contributed by atoms with van der Waals surface area (Å²) in [6.07, 6.45) is 1.52. The van der Waals surface area contributed by atoms with E-state index in [2.05, 4.69) is 24.0 Å². The van der Waals surface area contributed by atoms with Gasteiger partial charge < -0.3 is 0 Å². The molecule has 0 aromatic carbocycles. The van der Waals surface area contributed by atoms with Crippen LogP contribution in [0.1, 0.15) is 33.8 Å². The molecule has 0 amide bonds. The zero-order chi connectivity index (χ0) is 13.7. The Labute approximate surface area is 122 Å². The Morgan fingerprint density at radius 3 is 2.89 bits per heavy atom. The van der Waals surface area contributed by atoms with E-state index in [0.29, 0.717) is 6.42 Å². The highest BCUT2D eigenvalue weighted by molar-refractivity contribution is 7.99. The van der Waals surface area contributed by atoms with Gasteiger partial charge in [0.25, 0.3) is 0 Å². The van der Waals surface area contributed by atoms with Crippen molar-refractivity contribution in [1.29, 1.82) is 0 Å². The summed E-state index contributed by atoms with van der Waals surface area (Å²) < 4.78 is 0. The molecule has 0 unspecified atom stereocenters. The average Bonchev–Trinajstić information content (AvgIpc) is 2.87. The number of carbonyl (C=O) groups excluding carboxylic acids is 1. The summed E-state index contributed by atoms with van der Waals surface area (Å²) in [5.41, 5.74) is 2.29. The molecule has 2 aromatic rings. The first-order chi connectivity index (χ1) is 9.15. The van der Waals surface area contributed by atoms with E-state index in [-0.39, 0.29) is 5.78 Å². The second-order valence-electron chi connectivity index (χ2n) is 4.48. The summed E-state index contributed by atoms with van der Waals surface area (Å²) in [7, 11) is 0. The minimum Gasteiger partial charge on any atom is -0.293 e. The zero-order valence-electron chi connectivity index (χ0n) is 11.2. The quantitative estimate of drug-likeness (QED) is 0.445. The molecule has 0 fully saturated rings. The van der Waals surface area contributed by atoms with Gasteiger partial charge in [-0.05, 0) is 55.2 Å². The molecule has 100 valence electrons. The largest absolute Gasteiger partial charge is 0.293 e. The number of thiophene rings is 1. The molecule has 0 saturated heterocycles. The first kappa shape index (κ1) is 14.3. The molecule has 2 aromatic heterocycles. The van der Waals surface area contributed by atoms with E-state index in [4.69, 9.17) is 0 Å². The van der Waals surface area contributed by atoms with Gasteiger partial charge in [-0.3, -0.25) is 4.79 Å². The van der Waals surface area contributed by atoms with Crippen molar-refractivity contribution < 1.29 is 4.79 Å². The van der Waals surface area contributed by atoms with Gasteiger partial charge in [0.05, 0.1) is 9.90 Å². The van der Waals surface area contributed by atoms with Crippen molar-refractivity contribution in [3.63, 3.8) is 0 Å². The molecule has 0 aliphatic rings. The molecule has 0 saturated carbocycles. The van der Waals surface area contributed by atoms with Gasteiger partial charge in [-0.15, -0.1) is 23.1 Å². The zero-order valence-corrected chi connectivity index (χ0v) is 12.8. The van der Waals surface area contributed by atoms with Crippen LogP contribution < -0.4 is 0 Å². The molecular weight excluding hydrogens is 274 g/mol. The number of thioether (sulfide) groups is 1. The topological polar surface area (TPSA) is 30.0 Å². The molecule has 4 heteroatoms. The maximum absolute atomic E-state index is 11.8. The number of aromatic nitrogens is 1. The second-order valence-corrected chi connectivity index (χ2v) is 6.54. The normalized spacial score (nSPS) is 10.6. The molecule has 0 bridgehead atoms. The van der Waals surface area contributed by atoms with Crippen LogP contribution in [0, 0.1) is 13.8 Å². The monoisotopic (exact) mass is 291 g/mol. The van der Waals surface area contributed by atoms with Crippen molar-refractivity contribution in [2.45, 2.75) is 31.7 Å². The van der Waals surface area contributed by atoms with Crippen molar-refractivity contribution in [2.24, 2.45) is 0 Å². The first-order valence-corrected chi connectivity index (χ1v) is 8.16. The van der Waals surface area contributed by atoms with Crippen molar-refractivity contribution >= 4 is 28.9 Å². The van der Waals surface area contributed by atoms with Gasteiger partial charge in [0.2, 0.25) is 0 Å². The number of ketones is 1. The number of carbonyl (C=O) groups is 1. The van der Waals surface area contributed by atoms with Crippen molar-refractivity contribution in [1.82, 2.24) is 4.98 Å². The predicted molar refractivity (Wildman–Crippen MR) is 82.3 cm³/mol. The minimum atomic E-state index is 0.254. The predicted octanol–water partition coefficient (Wildman–Crippen LogP) is 4.52. The van der Waals surface area contributed by atoms with Gasteiger partial charge in [-0.25, -0.2) is 4.98 Å². The van der Waals surface area contributed by atoms with E-state index >= 15 is 0 Å². The van der Waals surface area contributed by atoms with Crippen LogP contribution in [0.25, 0.3) is 0 Å². The number of hydrogen-bond donors (Lipinski definition) is 0. The highest BCUT2D eigenvalue weighted by atomic mass is 32.2. The molecule has 2 nitrogen and oxygen atoms in total. The van der Waals surface area contributed by atoms with Gasteiger partial charge in [-0.2, -0.15) is 0 Å². The average molecular weight is 291 g/mol. The van der Waals surface area contributed by atoms with E-state index in [0.717, 1.165) is 27.8 Å². The third kappa shape index (κ3) is 4.48. The van der Waals surface area contributed by atoms with E-state index in [1.54, 1.807) is 11.8 Å². The summed E-state index contributed by atoms with van der Waals surface area (Å²) in [4.78, 5) is 17.2. The lowest BCUT2D eigenvalue weighted by atomic mass is 10.2. The molecule has 2 heterocycles. The van der Waals surface area contributed by atoms with Gasteiger partial charge in [0, 0.05) is 12.1 Å². The third-order valence-electron chi connectivity index (χ3n) is 2.67. The SMILES string of the molecule is Cc1cc(C)nc(SCCCC(=O)c2cccs2)c1.